The average molecular weight is 436 g/mol. The molecule has 0 atom stereocenters. The highest BCUT2D eigenvalue weighted by Crippen LogP contribution is 2.36. The first-order chi connectivity index (χ1) is 13.9. The molecule has 1 aromatic carbocycles. The molecular formula is C20H22ClN3O4S. The predicted octanol–water partition coefficient (Wildman–Crippen LogP) is 3.05. The number of halogens is 1. The standard InChI is InChI=1S/C20H22ClN3O4S/c1-2-9-22-16(25)12-24-19(27)17(29-20(24)28)13-7-10-23(11-8-13)18(26)14-5-3-4-6-15(14)21/h3-6H,2,7-12H2,1H3,(H,22,25). The average Bonchev–Trinajstić information content (AvgIpc) is 3.00. The van der Waals surface area contributed by atoms with E-state index in [4.69, 9.17) is 11.6 Å². The Morgan fingerprint density at radius 1 is 1.17 bits per heavy atom. The normalized spacial score (nSPS) is 17.2. The lowest BCUT2D eigenvalue weighted by atomic mass is 10.0. The quantitative estimate of drug-likeness (QED) is 0.718. The van der Waals surface area contributed by atoms with Crippen LogP contribution in [0.2, 0.25) is 5.02 Å². The van der Waals surface area contributed by atoms with Gasteiger partial charge >= 0.3 is 0 Å². The SMILES string of the molecule is CCCNC(=O)CN1C(=O)SC(=C2CCN(C(=O)c3ccccc3Cl)CC2)C1=O. The van der Waals surface area contributed by atoms with E-state index in [0.29, 0.717) is 48.0 Å². The Hall–Kier alpha value is -2.32. The summed E-state index contributed by atoms with van der Waals surface area (Å²) in [6, 6.07) is 6.90. The van der Waals surface area contributed by atoms with Gasteiger partial charge in [0.25, 0.3) is 17.1 Å². The Morgan fingerprint density at radius 3 is 2.52 bits per heavy atom. The van der Waals surface area contributed by atoms with E-state index in [1.54, 1.807) is 29.2 Å². The highest BCUT2D eigenvalue weighted by atomic mass is 35.5. The van der Waals surface area contributed by atoms with E-state index in [2.05, 4.69) is 5.32 Å². The summed E-state index contributed by atoms with van der Waals surface area (Å²) < 4.78 is 0. The largest absolute Gasteiger partial charge is 0.355 e. The molecule has 0 aromatic heterocycles. The van der Waals surface area contributed by atoms with Gasteiger partial charge in [0.05, 0.1) is 15.5 Å². The van der Waals surface area contributed by atoms with E-state index in [1.807, 2.05) is 6.92 Å². The number of benzene rings is 1. The highest BCUT2D eigenvalue weighted by molar-refractivity contribution is 8.18. The molecule has 0 radical (unpaired) electrons. The molecule has 0 bridgehead atoms. The first-order valence-electron chi connectivity index (χ1n) is 9.48. The molecule has 0 saturated carbocycles. The second-order valence-corrected chi connectivity index (χ2v) is 8.18. The molecule has 1 aromatic rings. The van der Waals surface area contributed by atoms with Gasteiger partial charge in [-0.15, -0.1) is 0 Å². The molecule has 0 aliphatic carbocycles. The molecule has 2 aliphatic heterocycles. The first-order valence-corrected chi connectivity index (χ1v) is 10.7. The zero-order valence-electron chi connectivity index (χ0n) is 16.1. The summed E-state index contributed by atoms with van der Waals surface area (Å²) in [6.45, 7) is 3.06. The third kappa shape index (κ3) is 4.82. The number of nitrogens with one attached hydrogen (secondary N) is 1. The van der Waals surface area contributed by atoms with Crippen LogP contribution in [-0.4, -0.2) is 58.9 Å². The van der Waals surface area contributed by atoms with Gasteiger partial charge in [-0.25, -0.2) is 0 Å². The molecule has 2 aliphatic rings. The Labute approximate surface area is 178 Å². The van der Waals surface area contributed by atoms with Crippen LogP contribution in [0.1, 0.15) is 36.5 Å². The van der Waals surface area contributed by atoms with Crippen LogP contribution in [-0.2, 0) is 9.59 Å². The van der Waals surface area contributed by atoms with Crippen LogP contribution < -0.4 is 5.32 Å². The van der Waals surface area contributed by atoms with Crippen molar-refractivity contribution >= 4 is 46.3 Å². The number of imide groups is 1. The number of carbonyl (C=O) groups excluding carboxylic acids is 4. The van der Waals surface area contributed by atoms with Gasteiger partial charge < -0.3 is 10.2 Å². The maximum Gasteiger partial charge on any atom is 0.294 e. The fraction of sp³-hybridized carbons (Fsp3) is 0.400. The molecule has 2 fully saturated rings. The van der Waals surface area contributed by atoms with Gasteiger partial charge in [-0.05, 0) is 48.7 Å². The van der Waals surface area contributed by atoms with Gasteiger partial charge in [0.2, 0.25) is 5.91 Å². The number of hydrogen-bond acceptors (Lipinski definition) is 5. The molecule has 1 N–H and O–H groups in total. The van der Waals surface area contributed by atoms with Crippen LogP contribution in [0.3, 0.4) is 0 Å². The van der Waals surface area contributed by atoms with Crippen molar-refractivity contribution in [1.29, 1.82) is 0 Å². The molecule has 29 heavy (non-hydrogen) atoms. The minimum Gasteiger partial charge on any atom is -0.355 e. The van der Waals surface area contributed by atoms with Crippen molar-refractivity contribution < 1.29 is 19.2 Å². The fourth-order valence-electron chi connectivity index (χ4n) is 3.23. The lowest BCUT2D eigenvalue weighted by Crippen LogP contribution is -2.40. The third-order valence-corrected chi connectivity index (χ3v) is 6.19. The van der Waals surface area contributed by atoms with Gasteiger partial charge in [0.15, 0.2) is 0 Å². The van der Waals surface area contributed by atoms with Gasteiger partial charge in [0, 0.05) is 19.6 Å². The highest BCUT2D eigenvalue weighted by Gasteiger charge is 2.38. The summed E-state index contributed by atoms with van der Waals surface area (Å²) in [4.78, 5) is 52.5. The van der Waals surface area contributed by atoms with E-state index in [1.165, 1.54) is 0 Å². The summed E-state index contributed by atoms with van der Waals surface area (Å²) in [7, 11) is 0. The lowest BCUT2D eigenvalue weighted by Gasteiger charge is -2.29. The van der Waals surface area contributed by atoms with Crippen molar-refractivity contribution in [2.24, 2.45) is 0 Å². The van der Waals surface area contributed by atoms with Crippen LogP contribution in [0.4, 0.5) is 4.79 Å². The Morgan fingerprint density at radius 2 is 1.86 bits per heavy atom. The van der Waals surface area contributed by atoms with E-state index in [0.717, 1.165) is 28.7 Å². The predicted molar refractivity (Wildman–Crippen MR) is 112 cm³/mol. The van der Waals surface area contributed by atoms with Crippen molar-refractivity contribution in [1.82, 2.24) is 15.1 Å². The molecular weight excluding hydrogens is 414 g/mol. The maximum absolute atomic E-state index is 12.7. The molecule has 4 amide bonds. The van der Waals surface area contributed by atoms with Crippen molar-refractivity contribution in [2.75, 3.05) is 26.2 Å². The van der Waals surface area contributed by atoms with Crippen molar-refractivity contribution in [2.45, 2.75) is 26.2 Å². The van der Waals surface area contributed by atoms with Crippen molar-refractivity contribution in [3.05, 3.63) is 45.3 Å². The smallest absolute Gasteiger partial charge is 0.294 e. The maximum atomic E-state index is 12.7. The van der Waals surface area contributed by atoms with Crippen LogP contribution in [0.5, 0.6) is 0 Å². The molecule has 3 rings (SSSR count). The number of hydrogen-bond donors (Lipinski definition) is 1. The van der Waals surface area contributed by atoms with Gasteiger partial charge in [-0.2, -0.15) is 0 Å². The molecule has 0 unspecified atom stereocenters. The van der Waals surface area contributed by atoms with Crippen molar-refractivity contribution in [3.63, 3.8) is 0 Å². The molecule has 154 valence electrons. The zero-order valence-corrected chi connectivity index (χ0v) is 17.6. The summed E-state index contributed by atoms with van der Waals surface area (Å²) in [5.41, 5.74) is 1.31. The number of amides is 4. The van der Waals surface area contributed by atoms with Gasteiger partial charge in [-0.3, -0.25) is 24.1 Å². The second kappa shape index (κ2) is 9.45. The molecule has 2 heterocycles. The van der Waals surface area contributed by atoms with Gasteiger partial charge in [0.1, 0.15) is 6.54 Å². The number of rotatable bonds is 5. The van der Waals surface area contributed by atoms with Crippen LogP contribution >= 0.6 is 23.4 Å². The van der Waals surface area contributed by atoms with Crippen LogP contribution in [0.15, 0.2) is 34.7 Å². The molecule has 0 spiro atoms. The number of piperidine rings is 1. The zero-order chi connectivity index (χ0) is 21.0. The van der Waals surface area contributed by atoms with Crippen LogP contribution in [0, 0.1) is 0 Å². The Bertz CT molecular complexity index is 876. The minimum atomic E-state index is -0.432. The Balaban J connectivity index is 1.64. The number of likely N-dealkylation sites (tertiary alicyclic amines) is 1. The van der Waals surface area contributed by atoms with Gasteiger partial charge in [-0.1, -0.05) is 30.7 Å². The number of carbonyl (C=O) groups is 4. The van der Waals surface area contributed by atoms with E-state index in [9.17, 15) is 19.2 Å². The second-order valence-electron chi connectivity index (χ2n) is 6.81. The molecule has 9 heteroatoms. The summed E-state index contributed by atoms with van der Waals surface area (Å²) in [5, 5.41) is 2.64. The number of nitrogens with zero attached hydrogens (tertiary/aromatic N) is 2. The van der Waals surface area contributed by atoms with E-state index < -0.39 is 11.1 Å². The summed E-state index contributed by atoms with van der Waals surface area (Å²) in [5.74, 6) is -0.913. The Kier molecular flexibility index (Phi) is 6.97. The summed E-state index contributed by atoms with van der Waals surface area (Å²) in [6.07, 6.45) is 1.79. The lowest BCUT2D eigenvalue weighted by molar-refractivity contribution is -0.129. The first kappa shape index (κ1) is 21.4. The van der Waals surface area contributed by atoms with E-state index in [-0.39, 0.29) is 18.4 Å². The van der Waals surface area contributed by atoms with Crippen LogP contribution in [0.25, 0.3) is 0 Å². The minimum absolute atomic E-state index is 0.143. The summed E-state index contributed by atoms with van der Waals surface area (Å²) >= 11 is 6.99. The molecule has 7 nitrogen and oxygen atoms in total. The topological polar surface area (TPSA) is 86.8 Å². The van der Waals surface area contributed by atoms with Crippen molar-refractivity contribution in [3.8, 4) is 0 Å². The number of thioether (sulfide) groups is 1. The fourth-order valence-corrected chi connectivity index (χ4v) is 4.42. The molecule has 2 saturated heterocycles. The third-order valence-electron chi connectivity index (χ3n) is 4.80. The monoisotopic (exact) mass is 435 g/mol. The van der Waals surface area contributed by atoms with E-state index >= 15 is 0 Å².